The van der Waals surface area contributed by atoms with Crippen molar-refractivity contribution in [3.8, 4) is 5.75 Å². The molecule has 64 valence electrons. The third-order valence-corrected chi connectivity index (χ3v) is 1.72. The maximum Gasteiger partial charge on any atom is 0.211 e. The van der Waals surface area contributed by atoms with E-state index in [4.69, 9.17) is 4.74 Å². The number of benzene rings is 1. The van der Waals surface area contributed by atoms with E-state index in [0.717, 1.165) is 17.0 Å². The zero-order valence-electron chi connectivity index (χ0n) is 7.13. The summed E-state index contributed by atoms with van der Waals surface area (Å²) in [6.45, 7) is 1.89. The largest absolute Gasteiger partial charge is 0.496 e. The number of carbonyl (C=O) groups is 1. The van der Waals surface area contributed by atoms with Gasteiger partial charge in [0.25, 0.3) is 0 Å². The molecule has 3 heteroatoms. The van der Waals surface area contributed by atoms with Gasteiger partial charge in [-0.15, -0.1) is 0 Å². The van der Waals surface area contributed by atoms with E-state index in [9.17, 15) is 4.79 Å². The molecule has 0 aliphatic rings. The van der Waals surface area contributed by atoms with E-state index in [2.05, 4.69) is 5.32 Å². The Morgan fingerprint density at radius 2 is 2.25 bits per heavy atom. The second-order valence-electron chi connectivity index (χ2n) is 2.40. The van der Waals surface area contributed by atoms with Gasteiger partial charge in [0.1, 0.15) is 5.75 Å². The molecule has 0 unspecified atom stereocenters. The van der Waals surface area contributed by atoms with Gasteiger partial charge in [-0.2, -0.15) is 0 Å². The molecule has 0 atom stereocenters. The summed E-state index contributed by atoms with van der Waals surface area (Å²) in [5, 5.41) is 2.59. The first kappa shape index (κ1) is 8.59. The number of methoxy groups -OCH3 is 1. The zero-order chi connectivity index (χ0) is 8.97. The summed E-state index contributed by atoms with van der Waals surface area (Å²) in [6, 6.07) is 5.51. The van der Waals surface area contributed by atoms with Gasteiger partial charge < -0.3 is 10.1 Å². The van der Waals surface area contributed by atoms with Crippen LogP contribution < -0.4 is 10.1 Å². The maximum atomic E-state index is 10.2. The standard InChI is InChI=1S/C9H11NO2/c1-7-8(10-6-11)4-3-5-9(7)12-2/h3-6H,1-2H3,(H,10,11). The van der Waals surface area contributed by atoms with Crippen molar-refractivity contribution < 1.29 is 9.53 Å². The van der Waals surface area contributed by atoms with E-state index in [1.807, 2.05) is 25.1 Å². The van der Waals surface area contributed by atoms with Crippen LogP contribution in [0.5, 0.6) is 5.75 Å². The second kappa shape index (κ2) is 3.76. The van der Waals surface area contributed by atoms with Gasteiger partial charge >= 0.3 is 0 Å². The van der Waals surface area contributed by atoms with Gasteiger partial charge in [-0.1, -0.05) is 6.07 Å². The van der Waals surface area contributed by atoms with E-state index in [-0.39, 0.29) is 0 Å². The number of hydrogen-bond acceptors (Lipinski definition) is 2. The van der Waals surface area contributed by atoms with Gasteiger partial charge in [-0.25, -0.2) is 0 Å². The predicted molar refractivity (Wildman–Crippen MR) is 47.4 cm³/mol. The molecular weight excluding hydrogens is 154 g/mol. The van der Waals surface area contributed by atoms with Gasteiger partial charge in [0.15, 0.2) is 0 Å². The molecule has 3 nitrogen and oxygen atoms in total. The molecule has 12 heavy (non-hydrogen) atoms. The van der Waals surface area contributed by atoms with Gasteiger partial charge in [-0.05, 0) is 19.1 Å². The van der Waals surface area contributed by atoms with Crippen LogP contribution in [0.15, 0.2) is 18.2 Å². The molecule has 1 N–H and O–H groups in total. The molecule has 1 aromatic rings. The molecule has 0 saturated heterocycles. The summed E-state index contributed by atoms with van der Waals surface area (Å²) in [5.41, 5.74) is 1.72. The average molecular weight is 165 g/mol. The van der Waals surface area contributed by atoms with Gasteiger partial charge in [0.2, 0.25) is 6.41 Å². The number of carbonyl (C=O) groups excluding carboxylic acids is 1. The second-order valence-corrected chi connectivity index (χ2v) is 2.40. The predicted octanol–water partition coefficient (Wildman–Crippen LogP) is 1.57. The monoisotopic (exact) mass is 165 g/mol. The van der Waals surface area contributed by atoms with Crippen LogP contribution in [0.3, 0.4) is 0 Å². The Bertz CT molecular complexity index is 284. The van der Waals surface area contributed by atoms with Gasteiger partial charge in [0.05, 0.1) is 7.11 Å². The van der Waals surface area contributed by atoms with Crippen molar-refractivity contribution in [1.82, 2.24) is 0 Å². The maximum absolute atomic E-state index is 10.2. The van der Waals surface area contributed by atoms with E-state index < -0.39 is 0 Å². The molecule has 0 aliphatic heterocycles. The molecule has 1 amide bonds. The number of ether oxygens (including phenoxy) is 1. The van der Waals surface area contributed by atoms with Crippen LogP contribution in [0.2, 0.25) is 0 Å². The summed E-state index contributed by atoms with van der Waals surface area (Å²) in [5.74, 6) is 0.779. The highest BCUT2D eigenvalue weighted by molar-refractivity contribution is 5.74. The molecule has 0 aromatic heterocycles. The highest BCUT2D eigenvalue weighted by atomic mass is 16.5. The van der Waals surface area contributed by atoms with Crippen LogP contribution in [0.25, 0.3) is 0 Å². The van der Waals surface area contributed by atoms with Crippen molar-refractivity contribution in [3.63, 3.8) is 0 Å². The fraction of sp³-hybridized carbons (Fsp3) is 0.222. The van der Waals surface area contributed by atoms with Crippen molar-refractivity contribution in [2.24, 2.45) is 0 Å². The van der Waals surface area contributed by atoms with Crippen LogP contribution in [-0.2, 0) is 4.79 Å². The number of amides is 1. The van der Waals surface area contributed by atoms with Crippen molar-refractivity contribution in [2.75, 3.05) is 12.4 Å². The lowest BCUT2D eigenvalue weighted by atomic mass is 10.2. The summed E-state index contributed by atoms with van der Waals surface area (Å²) in [7, 11) is 1.60. The normalized spacial score (nSPS) is 9.17. The van der Waals surface area contributed by atoms with E-state index in [1.54, 1.807) is 7.11 Å². The SMILES string of the molecule is COc1cccc(NC=O)c1C. The fourth-order valence-electron chi connectivity index (χ4n) is 1.06. The summed E-state index contributed by atoms with van der Waals surface area (Å²) >= 11 is 0. The first-order valence-electron chi connectivity index (χ1n) is 3.63. The molecular formula is C9H11NO2. The zero-order valence-corrected chi connectivity index (χ0v) is 7.13. The highest BCUT2D eigenvalue weighted by Gasteiger charge is 2.01. The van der Waals surface area contributed by atoms with Gasteiger partial charge in [-0.3, -0.25) is 4.79 Å². The number of anilines is 1. The van der Waals surface area contributed by atoms with Crippen LogP contribution in [-0.4, -0.2) is 13.5 Å². The minimum absolute atomic E-state index is 0.655. The molecule has 0 saturated carbocycles. The smallest absolute Gasteiger partial charge is 0.211 e. The van der Waals surface area contributed by atoms with Gasteiger partial charge in [0, 0.05) is 11.3 Å². The molecule has 0 heterocycles. The lowest BCUT2D eigenvalue weighted by molar-refractivity contribution is -0.105. The first-order chi connectivity index (χ1) is 5.79. The Hall–Kier alpha value is -1.51. The summed E-state index contributed by atoms with van der Waals surface area (Å²) in [6.07, 6.45) is 0.655. The minimum Gasteiger partial charge on any atom is -0.496 e. The summed E-state index contributed by atoms with van der Waals surface area (Å²) in [4.78, 5) is 10.2. The van der Waals surface area contributed by atoms with Crippen molar-refractivity contribution in [3.05, 3.63) is 23.8 Å². The quantitative estimate of drug-likeness (QED) is 0.690. The molecule has 0 fully saturated rings. The van der Waals surface area contributed by atoms with Crippen LogP contribution in [0.1, 0.15) is 5.56 Å². The van der Waals surface area contributed by atoms with E-state index in [0.29, 0.717) is 6.41 Å². The highest BCUT2D eigenvalue weighted by Crippen LogP contribution is 2.24. The first-order valence-corrected chi connectivity index (χ1v) is 3.63. The Kier molecular flexibility index (Phi) is 2.69. The third-order valence-electron chi connectivity index (χ3n) is 1.72. The van der Waals surface area contributed by atoms with Crippen LogP contribution in [0.4, 0.5) is 5.69 Å². The lowest BCUT2D eigenvalue weighted by Gasteiger charge is -2.08. The van der Waals surface area contributed by atoms with E-state index >= 15 is 0 Å². The lowest BCUT2D eigenvalue weighted by Crippen LogP contribution is -1.97. The fourth-order valence-corrected chi connectivity index (χ4v) is 1.06. The Morgan fingerprint density at radius 3 is 2.83 bits per heavy atom. The third kappa shape index (κ3) is 1.56. The molecule has 0 aliphatic carbocycles. The molecule has 0 spiro atoms. The van der Waals surface area contributed by atoms with E-state index in [1.165, 1.54) is 0 Å². The van der Waals surface area contributed by atoms with Crippen molar-refractivity contribution in [2.45, 2.75) is 6.92 Å². The number of nitrogens with one attached hydrogen (secondary N) is 1. The van der Waals surface area contributed by atoms with Crippen molar-refractivity contribution >= 4 is 12.1 Å². The summed E-state index contributed by atoms with van der Waals surface area (Å²) < 4.78 is 5.08. The number of rotatable bonds is 3. The Balaban J connectivity index is 3.04. The van der Waals surface area contributed by atoms with Crippen LogP contribution >= 0.6 is 0 Å². The Labute approximate surface area is 71.4 Å². The average Bonchev–Trinajstić information content (AvgIpc) is 2.09. The topological polar surface area (TPSA) is 38.3 Å². The Morgan fingerprint density at radius 1 is 1.50 bits per heavy atom. The van der Waals surface area contributed by atoms with Crippen LogP contribution in [0, 0.1) is 6.92 Å². The minimum atomic E-state index is 0.655. The number of hydrogen-bond donors (Lipinski definition) is 1. The van der Waals surface area contributed by atoms with Crippen molar-refractivity contribution in [1.29, 1.82) is 0 Å². The molecule has 0 radical (unpaired) electrons. The molecule has 1 aromatic carbocycles. The molecule has 1 rings (SSSR count). The molecule has 0 bridgehead atoms.